The van der Waals surface area contributed by atoms with Gasteiger partial charge >= 0.3 is 5.97 Å². The Kier molecular flexibility index (Phi) is 3.91. The number of aromatic carboxylic acids is 1. The molecule has 15 heavy (non-hydrogen) atoms. The molecular formula is C11H18N2O2. The number of rotatable bonds is 5. The summed E-state index contributed by atoms with van der Waals surface area (Å²) in [6.07, 6.45) is 2.61. The maximum Gasteiger partial charge on any atom is 0.337 e. The highest BCUT2D eigenvalue weighted by molar-refractivity contribution is 5.89. The zero-order valence-corrected chi connectivity index (χ0v) is 9.53. The molecule has 1 aromatic heterocycles. The predicted octanol–water partition coefficient (Wildman–Crippen LogP) is 1.31. The highest BCUT2D eigenvalue weighted by atomic mass is 16.4. The summed E-state index contributed by atoms with van der Waals surface area (Å²) in [7, 11) is 4.01. The van der Waals surface area contributed by atoms with E-state index in [4.69, 9.17) is 5.11 Å². The maximum absolute atomic E-state index is 10.9. The summed E-state index contributed by atoms with van der Waals surface area (Å²) < 4.78 is 2.02. The van der Waals surface area contributed by atoms with Crippen LogP contribution in [0.3, 0.4) is 0 Å². The van der Waals surface area contributed by atoms with Crippen LogP contribution in [0, 0.1) is 0 Å². The molecule has 4 heteroatoms. The third-order valence-electron chi connectivity index (χ3n) is 2.43. The summed E-state index contributed by atoms with van der Waals surface area (Å²) in [6, 6.07) is 1.68. The minimum absolute atomic E-state index is 0.427. The first-order valence-corrected chi connectivity index (χ1v) is 5.12. The van der Waals surface area contributed by atoms with E-state index in [1.165, 1.54) is 0 Å². The van der Waals surface area contributed by atoms with Crippen molar-refractivity contribution in [3.63, 3.8) is 0 Å². The molecule has 0 aromatic carbocycles. The number of likely N-dealkylation sites (N-methyl/N-ethyl adjacent to an activating group) is 1. The highest BCUT2D eigenvalue weighted by Gasteiger charge is 2.12. The molecule has 1 N–H and O–H groups in total. The molecule has 0 saturated heterocycles. The second kappa shape index (κ2) is 4.98. The Hall–Kier alpha value is -1.29. The van der Waals surface area contributed by atoms with Crippen LogP contribution in [-0.2, 0) is 13.0 Å². The van der Waals surface area contributed by atoms with Gasteiger partial charge in [0.05, 0.1) is 5.56 Å². The molecule has 0 atom stereocenters. The van der Waals surface area contributed by atoms with E-state index >= 15 is 0 Å². The van der Waals surface area contributed by atoms with Crippen molar-refractivity contribution in [2.45, 2.75) is 19.9 Å². The van der Waals surface area contributed by atoms with Crippen molar-refractivity contribution in [1.29, 1.82) is 0 Å². The number of aromatic nitrogens is 1. The van der Waals surface area contributed by atoms with E-state index in [0.717, 1.165) is 25.2 Å². The monoisotopic (exact) mass is 210 g/mol. The fourth-order valence-corrected chi connectivity index (χ4v) is 1.61. The average Bonchev–Trinajstić information content (AvgIpc) is 2.57. The van der Waals surface area contributed by atoms with Crippen molar-refractivity contribution < 1.29 is 9.90 Å². The van der Waals surface area contributed by atoms with Gasteiger partial charge in [0, 0.05) is 25.0 Å². The number of hydrogen-bond acceptors (Lipinski definition) is 2. The number of carbonyl (C=O) groups is 1. The van der Waals surface area contributed by atoms with Crippen molar-refractivity contribution in [1.82, 2.24) is 9.47 Å². The van der Waals surface area contributed by atoms with Gasteiger partial charge in [0.2, 0.25) is 0 Å². The van der Waals surface area contributed by atoms with E-state index in [-0.39, 0.29) is 0 Å². The van der Waals surface area contributed by atoms with Crippen molar-refractivity contribution in [3.8, 4) is 0 Å². The Labute approximate surface area is 90.1 Å². The molecule has 1 heterocycles. The van der Waals surface area contributed by atoms with E-state index < -0.39 is 5.97 Å². The van der Waals surface area contributed by atoms with Gasteiger partial charge in [-0.1, -0.05) is 6.92 Å². The molecule has 0 radical (unpaired) electrons. The van der Waals surface area contributed by atoms with Gasteiger partial charge in [0.15, 0.2) is 0 Å². The molecule has 0 amide bonds. The van der Waals surface area contributed by atoms with Gasteiger partial charge in [-0.15, -0.1) is 0 Å². The quantitative estimate of drug-likeness (QED) is 0.797. The molecule has 0 aliphatic carbocycles. The SMILES string of the molecule is CCc1c(C(=O)O)ccn1CCN(C)C. The third kappa shape index (κ3) is 2.83. The summed E-state index contributed by atoms with van der Waals surface area (Å²) >= 11 is 0. The lowest BCUT2D eigenvalue weighted by atomic mass is 10.2. The van der Waals surface area contributed by atoms with E-state index in [2.05, 4.69) is 4.90 Å². The first kappa shape index (κ1) is 11.8. The smallest absolute Gasteiger partial charge is 0.337 e. The van der Waals surface area contributed by atoms with Crippen molar-refractivity contribution in [3.05, 3.63) is 23.5 Å². The predicted molar refractivity (Wildman–Crippen MR) is 59.3 cm³/mol. The van der Waals surface area contributed by atoms with Gasteiger partial charge in [0.25, 0.3) is 0 Å². The van der Waals surface area contributed by atoms with E-state index in [9.17, 15) is 4.79 Å². The van der Waals surface area contributed by atoms with Crippen molar-refractivity contribution in [2.75, 3.05) is 20.6 Å². The van der Waals surface area contributed by atoms with E-state index in [1.807, 2.05) is 31.8 Å². The largest absolute Gasteiger partial charge is 0.478 e. The van der Waals surface area contributed by atoms with Crippen LogP contribution < -0.4 is 0 Å². The number of carboxylic acids is 1. The topological polar surface area (TPSA) is 45.5 Å². The first-order chi connectivity index (χ1) is 7.06. The van der Waals surface area contributed by atoms with Crippen LogP contribution in [0.5, 0.6) is 0 Å². The minimum atomic E-state index is -0.838. The molecule has 0 spiro atoms. The molecule has 4 nitrogen and oxygen atoms in total. The zero-order chi connectivity index (χ0) is 11.4. The summed E-state index contributed by atoms with van der Waals surface area (Å²) in [5, 5.41) is 8.96. The van der Waals surface area contributed by atoms with Crippen molar-refractivity contribution in [2.24, 2.45) is 0 Å². The number of nitrogens with zero attached hydrogens (tertiary/aromatic N) is 2. The summed E-state index contributed by atoms with van der Waals surface area (Å²) in [6.45, 7) is 3.73. The average molecular weight is 210 g/mol. The number of hydrogen-bond donors (Lipinski definition) is 1. The molecule has 0 aliphatic heterocycles. The Morgan fingerprint density at radius 3 is 2.67 bits per heavy atom. The van der Waals surface area contributed by atoms with Crippen molar-refractivity contribution >= 4 is 5.97 Å². The molecule has 1 aromatic rings. The van der Waals surface area contributed by atoms with E-state index in [0.29, 0.717) is 5.56 Å². The van der Waals surface area contributed by atoms with Crippen LogP contribution in [0.2, 0.25) is 0 Å². The standard InChI is InChI=1S/C11H18N2O2/c1-4-10-9(11(14)15)5-6-13(10)8-7-12(2)3/h5-6H,4,7-8H2,1-3H3,(H,14,15). The van der Waals surface area contributed by atoms with Gasteiger partial charge < -0.3 is 14.6 Å². The summed E-state index contributed by atoms with van der Waals surface area (Å²) in [5.74, 6) is -0.838. The Balaban J connectivity index is 2.84. The van der Waals surface area contributed by atoms with Crippen LogP contribution in [0.15, 0.2) is 12.3 Å². The first-order valence-electron chi connectivity index (χ1n) is 5.12. The fraction of sp³-hybridized carbons (Fsp3) is 0.545. The Morgan fingerprint density at radius 1 is 1.53 bits per heavy atom. The lowest BCUT2D eigenvalue weighted by Crippen LogP contribution is -2.19. The molecule has 0 unspecified atom stereocenters. The molecule has 0 aliphatic rings. The van der Waals surface area contributed by atoms with Gasteiger partial charge in [0.1, 0.15) is 0 Å². The Bertz CT molecular complexity index is 342. The highest BCUT2D eigenvalue weighted by Crippen LogP contribution is 2.12. The summed E-state index contributed by atoms with van der Waals surface area (Å²) in [5.41, 5.74) is 1.33. The lowest BCUT2D eigenvalue weighted by molar-refractivity contribution is 0.0695. The Morgan fingerprint density at radius 2 is 2.20 bits per heavy atom. The van der Waals surface area contributed by atoms with Gasteiger partial charge in [-0.05, 0) is 26.6 Å². The van der Waals surface area contributed by atoms with Crippen LogP contribution in [-0.4, -0.2) is 41.2 Å². The number of carboxylic acid groups (broad SMARTS) is 1. The van der Waals surface area contributed by atoms with E-state index in [1.54, 1.807) is 6.07 Å². The molecule has 0 fully saturated rings. The minimum Gasteiger partial charge on any atom is -0.478 e. The second-order valence-electron chi connectivity index (χ2n) is 3.83. The van der Waals surface area contributed by atoms with Crippen LogP contribution in [0.25, 0.3) is 0 Å². The second-order valence-corrected chi connectivity index (χ2v) is 3.83. The molecule has 0 bridgehead atoms. The van der Waals surface area contributed by atoms with Crippen LogP contribution >= 0.6 is 0 Å². The lowest BCUT2D eigenvalue weighted by Gasteiger charge is -2.12. The third-order valence-corrected chi connectivity index (χ3v) is 2.43. The van der Waals surface area contributed by atoms with Crippen LogP contribution in [0.1, 0.15) is 23.0 Å². The van der Waals surface area contributed by atoms with Crippen LogP contribution in [0.4, 0.5) is 0 Å². The van der Waals surface area contributed by atoms with Gasteiger partial charge in [-0.2, -0.15) is 0 Å². The fourth-order valence-electron chi connectivity index (χ4n) is 1.61. The molecular weight excluding hydrogens is 192 g/mol. The zero-order valence-electron chi connectivity index (χ0n) is 9.53. The maximum atomic E-state index is 10.9. The van der Waals surface area contributed by atoms with Gasteiger partial charge in [-0.25, -0.2) is 4.79 Å². The molecule has 0 saturated carbocycles. The van der Waals surface area contributed by atoms with Gasteiger partial charge in [-0.3, -0.25) is 0 Å². The summed E-state index contributed by atoms with van der Waals surface area (Å²) in [4.78, 5) is 13.0. The molecule has 1 rings (SSSR count). The normalized spacial score (nSPS) is 10.9. The molecule has 84 valence electrons.